The Morgan fingerprint density at radius 2 is 2.58 bits per heavy atom. The lowest BCUT2D eigenvalue weighted by atomic mass is 10.6. The highest BCUT2D eigenvalue weighted by molar-refractivity contribution is 14.1. The first-order chi connectivity index (χ1) is 5.74. The van der Waals surface area contributed by atoms with Crippen molar-refractivity contribution in [1.82, 2.24) is 15.0 Å². The summed E-state index contributed by atoms with van der Waals surface area (Å²) in [5.74, 6) is -0.291. The second-order valence-corrected chi connectivity index (χ2v) is 3.12. The summed E-state index contributed by atoms with van der Waals surface area (Å²) in [7, 11) is 0. The predicted molar refractivity (Wildman–Crippen MR) is 49.4 cm³/mol. The fourth-order valence-electron chi connectivity index (χ4n) is 0.681. The normalized spacial score (nSPS) is 9.83. The van der Waals surface area contributed by atoms with Crippen molar-refractivity contribution in [2.75, 3.05) is 6.61 Å². The van der Waals surface area contributed by atoms with E-state index in [-0.39, 0.29) is 12.5 Å². The van der Waals surface area contributed by atoms with Crippen molar-refractivity contribution in [3.8, 4) is 0 Å². The highest BCUT2D eigenvalue weighted by atomic mass is 127. The lowest BCUT2D eigenvalue weighted by Gasteiger charge is -2.01. The molecule has 12 heavy (non-hydrogen) atoms. The van der Waals surface area contributed by atoms with Gasteiger partial charge in [0.25, 0.3) is 0 Å². The van der Waals surface area contributed by atoms with E-state index in [1.165, 1.54) is 4.68 Å². The molecule has 0 aliphatic carbocycles. The number of esters is 1. The average Bonchev–Trinajstić information content (AvgIpc) is 2.37. The molecule has 0 fully saturated rings. The van der Waals surface area contributed by atoms with Gasteiger partial charge in [0.15, 0.2) is 0 Å². The molecule has 0 unspecified atom stereocenters. The van der Waals surface area contributed by atoms with Crippen LogP contribution in [0.25, 0.3) is 0 Å². The lowest BCUT2D eigenvalue weighted by molar-refractivity contribution is -0.144. The van der Waals surface area contributed by atoms with Crippen molar-refractivity contribution in [1.29, 1.82) is 0 Å². The molecule has 0 aliphatic rings. The van der Waals surface area contributed by atoms with Crippen LogP contribution in [0, 0.1) is 3.70 Å². The molecule has 0 saturated carbocycles. The third kappa shape index (κ3) is 2.43. The third-order valence-corrected chi connectivity index (χ3v) is 1.99. The first kappa shape index (κ1) is 9.43. The summed E-state index contributed by atoms with van der Waals surface area (Å²) in [6.45, 7) is 2.29. The summed E-state index contributed by atoms with van der Waals surface area (Å²) in [5, 5.41) is 7.33. The summed E-state index contributed by atoms with van der Waals surface area (Å²) in [4.78, 5) is 10.9. The highest BCUT2D eigenvalue weighted by Crippen LogP contribution is 2.00. The van der Waals surface area contributed by atoms with E-state index < -0.39 is 0 Å². The summed E-state index contributed by atoms with van der Waals surface area (Å²) in [6.07, 6.45) is 1.58. The molecule has 1 rings (SSSR count). The molecule has 0 radical (unpaired) electrons. The molecule has 0 amide bonds. The molecular weight excluding hydrogens is 273 g/mol. The molecule has 0 atom stereocenters. The molecule has 0 saturated heterocycles. The molecule has 1 aromatic rings. The predicted octanol–water partition coefficient (Wildman–Crippen LogP) is 0.446. The molecule has 5 nitrogen and oxygen atoms in total. The molecule has 0 N–H and O–H groups in total. The Hall–Kier alpha value is -0.660. The van der Waals surface area contributed by atoms with Crippen molar-refractivity contribution >= 4 is 28.6 Å². The average molecular weight is 281 g/mol. The zero-order valence-corrected chi connectivity index (χ0v) is 8.69. The molecular formula is C6H8IN3O2. The molecule has 0 spiro atoms. The quantitative estimate of drug-likeness (QED) is 0.596. The molecule has 66 valence electrons. The maximum atomic E-state index is 10.9. The maximum absolute atomic E-state index is 10.9. The Morgan fingerprint density at radius 3 is 3.08 bits per heavy atom. The van der Waals surface area contributed by atoms with Gasteiger partial charge in [-0.2, -0.15) is 0 Å². The minimum atomic E-state index is -0.291. The van der Waals surface area contributed by atoms with Gasteiger partial charge in [0.05, 0.1) is 12.8 Å². The second kappa shape index (κ2) is 4.39. The minimum Gasteiger partial charge on any atom is -0.465 e. The van der Waals surface area contributed by atoms with E-state index in [4.69, 9.17) is 4.74 Å². The number of nitrogens with zero attached hydrogens (tertiary/aromatic N) is 3. The van der Waals surface area contributed by atoms with Gasteiger partial charge >= 0.3 is 5.97 Å². The molecule has 0 aliphatic heterocycles. The number of hydrogen-bond acceptors (Lipinski definition) is 4. The van der Waals surface area contributed by atoms with Gasteiger partial charge in [-0.3, -0.25) is 4.79 Å². The third-order valence-electron chi connectivity index (χ3n) is 1.15. The van der Waals surface area contributed by atoms with Crippen LogP contribution in [-0.2, 0) is 16.1 Å². The Balaban J connectivity index is 2.52. The molecule has 1 aromatic heterocycles. The van der Waals surface area contributed by atoms with E-state index >= 15 is 0 Å². The first-order valence-corrected chi connectivity index (χ1v) is 4.51. The Morgan fingerprint density at radius 1 is 1.83 bits per heavy atom. The fourth-order valence-corrected chi connectivity index (χ4v) is 1.07. The van der Waals surface area contributed by atoms with Gasteiger partial charge in [0.1, 0.15) is 10.2 Å². The fraction of sp³-hybridized carbons (Fsp3) is 0.500. The summed E-state index contributed by atoms with van der Waals surface area (Å²) in [6, 6.07) is 0. The number of halogens is 1. The van der Waals surface area contributed by atoms with Gasteiger partial charge in [-0.25, -0.2) is 4.68 Å². The van der Waals surface area contributed by atoms with Gasteiger partial charge in [-0.1, -0.05) is 5.21 Å². The molecule has 0 aromatic carbocycles. The summed E-state index contributed by atoms with van der Waals surface area (Å²) >= 11 is 2.05. The van der Waals surface area contributed by atoms with Crippen molar-refractivity contribution in [3.05, 3.63) is 9.90 Å². The smallest absolute Gasteiger partial charge is 0.327 e. The van der Waals surface area contributed by atoms with Crippen LogP contribution in [-0.4, -0.2) is 27.6 Å². The maximum Gasteiger partial charge on any atom is 0.327 e. The first-order valence-electron chi connectivity index (χ1n) is 3.43. The monoisotopic (exact) mass is 281 g/mol. The van der Waals surface area contributed by atoms with Crippen molar-refractivity contribution < 1.29 is 9.53 Å². The van der Waals surface area contributed by atoms with E-state index in [1.807, 2.05) is 22.6 Å². The van der Waals surface area contributed by atoms with Gasteiger partial charge in [0, 0.05) is 0 Å². The SMILES string of the molecule is CCOC(=O)Cn1nncc1I. The number of carbonyl (C=O) groups is 1. The van der Waals surface area contributed by atoms with E-state index in [2.05, 4.69) is 10.3 Å². The van der Waals surface area contributed by atoms with Gasteiger partial charge in [-0.15, -0.1) is 5.10 Å². The van der Waals surface area contributed by atoms with Crippen LogP contribution in [0.3, 0.4) is 0 Å². The van der Waals surface area contributed by atoms with E-state index in [1.54, 1.807) is 13.1 Å². The van der Waals surface area contributed by atoms with Crippen LogP contribution in [0.4, 0.5) is 0 Å². The number of rotatable bonds is 3. The van der Waals surface area contributed by atoms with Gasteiger partial charge < -0.3 is 4.74 Å². The Kier molecular flexibility index (Phi) is 3.45. The topological polar surface area (TPSA) is 57.0 Å². The summed E-state index contributed by atoms with van der Waals surface area (Å²) in [5.41, 5.74) is 0. The van der Waals surface area contributed by atoms with Crippen molar-refractivity contribution in [2.24, 2.45) is 0 Å². The van der Waals surface area contributed by atoms with Crippen molar-refractivity contribution in [2.45, 2.75) is 13.5 Å². The second-order valence-electron chi connectivity index (χ2n) is 2.02. The summed E-state index contributed by atoms with van der Waals surface area (Å²) < 4.78 is 7.04. The van der Waals surface area contributed by atoms with E-state index in [9.17, 15) is 4.79 Å². The standard InChI is InChI=1S/C6H8IN3O2/c1-2-12-6(11)4-10-5(7)3-8-9-10/h3H,2,4H2,1H3. The zero-order valence-electron chi connectivity index (χ0n) is 6.53. The van der Waals surface area contributed by atoms with Crippen LogP contribution < -0.4 is 0 Å². The molecule has 0 bridgehead atoms. The van der Waals surface area contributed by atoms with E-state index in [0.29, 0.717) is 6.61 Å². The number of hydrogen-bond donors (Lipinski definition) is 0. The molecule has 6 heteroatoms. The highest BCUT2D eigenvalue weighted by Gasteiger charge is 2.06. The van der Waals surface area contributed by atoms with Crippen LogP contribution >= 0.6 is 22.6 Å². The van der Waals surface area contributed by atoms with Gasteiger partial charge in [-0.05, 0) is 29.5 Å². The van der Waals surface area contributed by atoms with Gasteiger partial charge in [0.2, 0.25) is 0 Å². The number of carbonyl (C=O) groups excluding carboxylic acids is 1. The number of ether oxygens (including phenoxy) is 1. The van der Waals surface area contributed by atoms with Crippen LogP contribution in [0.5, 0.6) is 0 Å². The van der Waals surface area contributed by atoms with Crippen molar-refractivity contribution in [3.63, 3.8) is 0 Å². The van der Waals surface area contributed by atoms with Crippen LogP contribution in [0.2, 0.25) is 0 Å². The largest absolute Gasteiger partial charge is 0.465 e. The van der Waals surface area contributed by atoms with Crippen LogP contribution in [0.15, 0.2) is 6.20 Å². The number of aromatic nitrogens is 3. The Bertz CT molecular complexity index is 274. The van der Waals surface area contributed by atoms with Crippen LogP contribution in [0.1, 0.15) is 6.92 Å². The lowest BCUT2D eigenvalue weighted by Crippen LogP contribution is -2.15. The minimum absolute atomic E-state index is 0.131. The Labute approximate surface area is 83.2 Å². The van der Waals surface area contributed by atoms with E-state index in [0.717, 1.165) is 3.70 Å². The molecule has 1 heterocycles. The zero-order chi connectivity index (χ0) is 8.97.